The van der Waals surface area contributed by atoms with E-state index in [9.17, 15) is 14.4 Å². The molecule has 0 radical (unpaired) electrons. The third kappa shape index (κ3) is 6.76. The molecular weight excluding hydrogens is 252 g/mol. The molecule has 0 aromatic carbocycles. The molecule has 1 fully saturated rings. The Morgan fingerprint density at radius 2 is 2.05 bits per heavy atom. The van der Waals surface area contributed by atoms with Crippen LogP contribution in [0.5, 0.6) is 0 Å². The molecule has 0 aliphatic heterocycles. The summed E-state index contributed by atoms with van der Waals surface area (Å²) in [6.07, 6.45) is 2.36. The van der Waals surface area contributed by atoms with Gasteiger partial charge in [0.05, 0.1) is 13.7 Å². The van der Waals surface area contributed by atoms with Crippen LogP contribution in [0.15, 0.2) is 0 Å². The maximum Gasteiger partial charge on any atom is 0.326 e. The average molecular weight is 272 g/mol. The molecule has 19 heavy (non-hydrogen) atoms. The van der Waals surface area contributed by atoms with E-state index in [2.05, 4.69) is 15.4 Å². The predicted molar refractivity (Wildman–Crippen MR) is 66.4 cm³/mol. The fourth-order valence-electron chi connectivity index (χ4n) is 1.58. The van der Waals surface area contributed by atoms with E-state index in [0.717, 1.165) is 6.54 Å². The second-order valence-corrected chi connectivity index (χ2v) is 4.65. The van der Waals surface area contributed by atoms with Crippen LogP contribution in [0.2, 0.25) is 0 Å². The number of ether oxygens (including phenoxy) is 1. The van der Waals surface area contributed by atoms with Crippen molar-refractivity contribution in [2.45, 2.75) is 31.7 Å². The van der Waals surface area contributed by atoms with Crippen LogP contribution in [0.1, 0.15) is 25.7 Å². The minimum Gasteiger partial charge on any atom is -0.480 e. The highest BCUT2D eigenvalue weighted by atomic mass is 16.5. The summed E-state index contributed by atoms with van der Waals surface area (Å²) in [6, 6.07) is -1.06. The molecule has 0 unspecified atom stereocenters. The second-order valence-electron chi connectivity index (χ2n) is 4.65. The van der Waals surface area contributed by atoms with E-state index in [4.69, 9.17) is 5.11 Å². The number of esters is 1. The van der Waals surface area contributed by atoms with E-state index in [1.165, 1.54) is 20.0 Å². The summed E-state index contributed by atoms with van der Waals surface area (Å²) in [5.41, 5.74) is 0. The minimum atomic E-state index is -1.15. The van der Waals surface area contributed by atoms with Gasteiger partial charge in [-0.25, -0.2) is 4.79 Å². The molecule has 0 aromatic heterocycles. The zero-order valence-corrected chi connectivity index (χ0v) is 11.0. The van der Waals surface area contributed by atoms with Crippen LogP contribution < -0.4 is 10.6 Å². The van der Waals surface area contributed by atoms with Gasteiger partial charge >= 0.3 is 11.9 Å². The number of carboxylic acid groups (broad SMARTS) is 1. The highest BCUT2D eigenvalue weighted by Crippen LogP contribution is 2.27. The maximum atomic E-state index is 11.5. The summed E-state index contributed by atoms with van der Waals surface area (Å²) in [6.45, 7) is 0.881. The summed E-state index contributed by atoms with van der Waals surface area (Å²) in [5, 5.41) is 14.3. The van der Waals surface area contributed by atoms with E-state index >= 15 is 0 Å². The molecule has 0 saturated heterocycles. The number of methoxy groups -OCH3 is 1. The van der Waals surface area contributed by atoms with Crippen LogP contribution in [0.4, 0.5) is 0 Å². The summed E-state index contributed by atoms with van der Waals surface area (Å²) in [5.74, 6) is -1.37. The summed E-state index contributed by atoms with van der Waals surface area (Å²) >= 11 is 0. The number of carbonyl (C=O) groups is 3. The zero-order chi connectivity index (χ0) is 14.3. The van der Waals surface area contributed by atoms with Crippen LogP contribution in [-0.2, 0) is 19.1 Å². The Hall–Kier alpha value is -1.63. The molecule has 0 aromatic rings. The van der Waals surface area contributed by atoms with Gasteiger partial charge in [0.2, 0.25) is 5.91 Å². The van der Waals surface area contributed by atoms with Gasteiger partial charge in [0.15, 0.2) is 0 Å². The quantitative estimate of drug-likeness (QED) is 0.489. The van der Waals surface area contributed by atoms with Crippen LogP contribution in [-0.4, -0.2) is 49.2 Å². The van der Waals surface area contributed by atoms with E-state index < -0.39 is 18.0 Å². The third-order valence-electron chi connectivity index (χ3n) is 2.91. The lowest BCUT2D eigenvalue weighted by Crippen LogP contribution is -2.45. The summed E-state index contributed by atoms with van der Waals surface area (Å²) in [4.78, 5) is 33.4. The molecule has 0 spiro atoms. The highest BCUT2D eigenvalue weighted by molar-refractivity contribution is 5.85. The van der Waals surface area contributed by atoms with Gasteiger partial charge in [-0.15, -0.1) is 0 Å². The van der Waals surface area contributed by atoms with Gasteiger partial charge in [-0.3, -0.25) is 9.59 Å². The van der Waals surface area contributed by atoms with Crippen molar-refractivity contribution in [3.63, 3.8) is 0 Å². The molecule has 1 rings (SSSR count). The smallest absolute Gasteiger partial charge is 0.326 e. The maximum absolute atomic E-state index is 11.5. The van der Waals surface area contributed by atoms with Crippen LogP contribution in [0.3, 0.4) is 0 Å². The van der Waals surface area contributed by atoms with Crippen molar-refractivity contribution in [2.24, 2.45) is 5.92 Å². The number of carbonyl (C=O) groups excluding carboxylic acids is 2. The zero-order valence-electron chi connectivity index (χ0n) is 11.0. The van der Waals surface area contributed by atoms with Gasteiger partial charge in [0.25, 0.3) is 0 Å². The Kier molecular flexibility index (Phi) is 6.27. The summed E-state index contributed by atoms with van der Waals surface area (Å²) < 4.78 is 4.43. The Balaban J connectivity index is 2.23. The van der Waals surface area contributed by atoms with Crippen molar-refractivity contribution in [1.29, 1.82) is 0 Å². The first-order chi connectivity index (χ1) is 9.02. The lowest BCUT2D eigenvalue weighted by Gasteiger charge is -2.14. The number of hydrogen-bond donors (Lipinski definition) is 3. The number of hydrogen-bond acceptors (Lipinski definition) is 5. The van der Waals surface area contributed by atoms with Gasteiger partial charge in [-0.1, -0.05) is 0 Å². The van der Waals surface area contributed by atoms with Gasteiger partial charge in [0.1, 0.15) is 6.04 Å². The summed E-state index contributed by atoms with van der Waals surface area (Å²) in [7, 11) is 1.23. The molecule has 0 bridgehead atoms. The molecule has 3 N–H and O–H groups in total. The first kappa shape index (κ1) is 15.4. The van der Waals surface area contributed by atoms with Gasteiger partial charge in [0, 0.05) is 6.42 Å². The fourth-order valence-corrected chi connectivity index (χ4v) is 1.58. The predicted octanol–water partition coefficient (Wildman–Crippen LogP) is -0.491. The van der Waals surface area contributed by atoms with E-state index in [1.54, 1.807) is 0 Å². The van der Waals surface area contributed by atoms with Crippen molar-refractivity contribution in [2.75, 3.05) is 20.2 Å². The highest BCUT2D eigenvalue weighted by Gasteiger charge is 2.23. The molecule has 0 heterocycles. The molecule has 108 valence electrons. The third-order valence-corrected chi connectivity index (χ3v) is 2.91. The molecule has 1 aliphatic rings. The standard InChI is InChI=1S/C12H20N2O5/c1-19-11(16)5-4-9(12(17)18)14-10(15)7-13-6-8-2-3-8/h8-9,13H,2-7H2,1H3,(H,14,15)(H,17,18)/t9-/m1/s1. The van der Waals surface area contributed by atoms with Crippen molar-refractivity contribution in [3.05, 3.63) is 0 Å². The van der Waals surface area contributed by atoms with E-state index in [-0.39, 0.29) is 25.3 Å². The van der Waals surface area contributed by atoms with Gasteiger partial charge in [-0.2, -0.15) is 0 Å². The lowest BCUT2D eigenvalue weighted by molar-refractivity contribution is -0.144. The Bertz CT molecular complexity index is 341. The number of aliphatic carboxylic acids is 1. The first-order valence-electron chi connectivity index (χ1n) is 6.32. The van der Waals surface area contributed by atoms with Crippen LogP contribution in [0, 0.1) is 5.92 Å². The molecule has 1 aliphatic carbocycles. The van der Waals surface area contributed by atoms with Crippen molar-refractivity contribution in [1.82, 2.24) is 10.6 Å². The fraction of sp³-hybridized carbons (Fsp3) is 0.750. The Labute approximate surface area is 111 Å². The molecule has 7 nitrogen and oxygen atoms in total. The molecular formula is C12H20N2O5. The SMILES string of the molecule is COC(=O)CC[C@@H](NC(=O)CNCC1CC1)C(=O)O. The Morgan fingerprint density at radius 3 is 2.58 bits per heavy atom. The number of carboxylic acids is 1. The minimum absolute atomic E-state index is 0.0242. The normalized spacial score (nSPS) is 15.6. The van der Waals surface area contributed by atoms with E-state index in [0.29, 0.717) is 5.92 Å². The molecule has 7 heteroatoms. The van der Waals surface area contributed by atoms with Gasteiger partial charge < -0.3 is 20.5 Å². The van der Waals surface area contributed by atoms with Crippen molar-refractivity contribution >= 4 is 17.8 Å². The number of rotatable bonds is 9. The van der Waals surface area contributed by atoms with Crippen molar-refractivity contribution < 1.29 is 24.2 Å². The van der Waals surface area contributed by atoms with Crippen LogP contribution in [0.25, 0.3) is 0 Å². The Morgan fingerprint density at radius 1 is 1.37 bits per heavy atom. The van der Waals surface area contributed by atoms with Crippen LogP contribution >= 0.6 is 0 Å². The molecule has 1 atom stereocenters. The number of nitrogens with one attached hydrogen (secondary N) is 2. The van der Waals surface area contributed by atoms with E-state index in [1.807, 2.05) is 0 Å². The largest absolute Gasteiger partial charge is 0.480 e. The number of amides is 1. The van der Waals surface area contributed by atoms with Gasteiger partial charge in [-0.05, 0) is 31.7 Å². The second kappa shape index (κ2) is 7.73. The average Bonchev–Trinajstić information content (AvgIpc) is 3.17. The lowest BCUT2D eigenvalue weighted by atomic mass is 10.1. The van der Waals surface area contributed by atoms with Crippen molar-refractivity contribution in [3.8, 4) is 0 Å². The first-order valence-corrected chi connectivity index (χ1v) is 6.32. The molecule has 1 saturated carbocycles. The monoisotopic (exact) mass is 272 g/mol. The molecule has 1 amide bonds. The topological polar surface area (TPSA) is 105 Å².